The molecule has 1 saturated carbocycles. The highest BCUT2D eigenvalue weighted by Crippen LogP contribution is 2.31. The Morgan fingerprint density at radius 2 is 2.46 bits per heavy atom. The fraction of sp³-hybridized carbons (Fsp3) is 0.556. The third-order valence-electron chi connectivity index (χ3n) is 2.19. The second-order valence-electron chi connectivity index (χ2n) is 3.55. The number of nitrogens with zero attached hydrogens (tertiary/aromatic N) is 2. The van der Waals surface area contributed by atoms with Crippen molar-refractivity contribution < 1.29 is 9.90 Å². The molecule has 1 N–H and O–H groups in total. The van der Waals surface area contributed by atoms with Gasteiger partial charge in [0.15, 0.2) is 0 Å². The number of carboxylic acids is 1. The Bertz CT molecular complexity index is 315. The number of hydrogen-bond donors (Lipinski definition) is 1. The third-order valence-corrected chi connectivity index (χ3v) is 2.19. The van der Waals surface area contributed by atoms with Gasteiger partial charge in [-0.15, -0.1) is 0 Å². The van der Waals surface area contributed by atoms with Gasteiger partial charge in [-0.1, -0.05) is 0 Å². The summed E-state index contributed by atoms with van der Waals surface area (Å²) in [6, 6.07) is 1.90. The lowest BCUT2D eigenvalue weighted by atomic mass is 10.2. The summed E-state index contributed by atoms with van der Waals surface area (Å²) in [6.07, 6.45) is 5.33. The van der Waals surface area contributed by atoms with Crippen LogP contribution in [0.1, 0.15) is 18.5 Å². The molecular formula is C9H12N2O2. The topological polar surface area (TPSA) is 55.1 Å². The summed E-state index contributed by atoms with van der Waals surface area (Å²) in [6.45, 7) is -0.0370. The summed E-state index contributed by atoms with van der Waals surface area (Å²) in [5.74, 6) is -0.0470. The average Bonchev–Trinajstić information content (AvgIpc) is 2.73. The van der Waals surface area contributed by atoms with Crippen LogP contribution in [0.5, 0.6) is 0 Å². The van der Waals surface area contributed by atoms with Crippen LogP contribution in [0.4, 0.5) is 0 Å². The molecule has 0 unspecified atom stereocenters. The Morgan fingerprint density at radius 1 is 1.69 bits per heavy atom. The van der Waals surface area contributed by atoms with Gasteiger partial charge in [0.1, 0.15) is 6.54 Å². The smallest absolute Gasteiger partial charge is 0.325 e. The van der Waals surface area contributed by atoms with Crippen molar-refractivity contribution in [3.63, 3.8) is 0 Å². The fourth-order valence-electron chi connectivity index (χ4n) is 1.36. The van der Waals surface area contributed by atoms with Crippen molar-refractivity contribution in [3.8, 4) is 0 Å². The van der Waals surface area contributed by atoms with Gasteiger partial charge in [-0.2, -0.15) is 5.10 Å². The van der Waals surface area contributed by atoms with Gasteiger partial charge in [-0.3, -0.25) is 9.48 Å². The molecule has 0 amide bonds. The zero-order valence-corrected chi connectivity index (χ0v) is 7.31. The van der Waals surface area contributed by atoms with Gasteiger partial charge in [0.2, 0.25) is 0 Å². The predicted molar refractivity (Wildman–Crippen MR) is 46.3 cm³/mol. The van der Waals surface area contributed by atoms with E-state index in [1.54, 1.807) is 6.20 Å². The Morgan fingerprint density at radius 3 is 3.08 bits per heavy atom. The van der Waals surface area contributed by atoms with Crippen LogP contribution in [-0.2, 0) is 17.8 Å². The number of aliphatic carboxylic acids is 1. The highest BCUT2D eigenvalue weighted by Gasteiger charge is 2.22. The standard InChI is InChI=1S/C9H12N2O2/c12-9(13)6-11-4-3-8(10-11)5-7-1-2-7/h3-4,7H,1-2,5-6H2,(H,12,13). The summed E-state index contributed by atoms with van der Waals surface area (Å²) < 4.78 is 1.47. The Labute approximate surface area is 76.2 Å². The van der Waals surface area contributed by atoms with Gasteiger partial charge in [0, 0.05) is 6.20 Å². The van der Waals surface area contributed by atoms with Crippen LogP contribution in [0.15, 0.2) is 12.3 Å². The minimum absolute atomic E-state index is 0.0370. The number of hydrogen-bond acceptors (Lipinski definition) is 2. The molecule has 0 spiro atoms. The maximum atomic E-state index is 10.4. The molecule has 2 rings (SSSR count). The lowest BCUT2D eigenvalue weighted by Crippen LogP contribution is -2.09. The lowest BCUT2D eigenvalue weighted by molar-refractivity contribution is -0.137. The van der Waals surface area contributed by atoms with Crippen molar-refractivity contribution in [2.24, 2.45) is 5.92 Å². The van der Waals surface area contributed by atoms with Gasteiger partial charge in [-0.25, -0.2) is 0 Å². The molecular weight excluding hydrogens is 168 g/mol. The summed E-state index contributed by atoms with van der Waals surface area (Å²) in [5.41, 5.74) is 1.02. The van der Waals surface area contributed by atoms with Crippen molar-refractivity contribution in [2.45, 2.75) is 25.8 Å². The van der Waals surface area contributed by atoms with E-state index in [-0.39, 0.29) is 6.54 Å². The van der Waals surface area contributed by atoms with Crippen molar-refractivity contribution in [1.82, 2.24) is 9.78 Å². The van der Waals surface area contributed by atoms with Gasteiger partial charge < -0.3 is 5.11 Å². The molecule has 0 saturated heterocycles. The molecule has 4 nitrogen and oxygen atoms in total. The molecule has 1 aromatic rings. The summed E-state index contributed by atoms with van der Waals surface area (Å²) in [5, 5.41) is 12.7. The fourth-order valence-corrected chi connectivity index (χ4v) is 1.36. The van der Waals surface area contributed by atoms with Crippen molar-refractivity contribution in [2.75, 3.05) is 0 Å². The SMILES string of the molecule is O=C(O)Cn1ccc(CC2CC2)n1. The van der Waals surface area contributed by atoms with Crippen molar-refractivity contribution >= 4 is 5.97 Å². The zero-order chi connectivity index (χ0) is 9.26. The van der Waals surface area contributed by atoms with Crippen LogP contribution < -0.4 is 0 Å². The van der Waals surface area contributed by atoms with E-state index < -0.39 is 5.97 Å². The minimum Gasteiger partial charge on any atom is -0.480 e. The predicted octanol–water partition coefficient (Wildman–Crippen LogP) is 0.920. The summed E-state index contributed by atoms with van der Waals surface area (Å²) in [4.78, 5) is 10.4. The molecule has 4 heteroatoms. The second kappa shape index (κ2) is 3.20. The quantitative estimate of drug-likeness (QED) is 0.749. The molecule has 0 aliphatic heterocycles. The number of aromatic nitrogens is 2. The van der Waals surface area contributed by atoms with E-state index >= 15 is 0 Å². The minimum atomic E-state index is -0.846. The molecule has 13 heavy (non-hydrogen) atoms. The molecule has 0 aromatic carbocycles. The molecule has 1 aromatic heterocycles. The molecule has 0 radical (unpaired) electrons. The first-order chi connectivity index (χ1) is 6.24. The molecule has 1 aliphatic rings. The highest BCUT2D eigenvalue weighted by atomic mass is 16.4. The molecule has 0 atom stereocenters. The van der Waals surface area contributed by atoms with Gasteiger partial charge >= 0.3 is 5.97 Å². The second-order valence-corrected chi connectivity index (χ2v) is 3.55. The van der Waals surface area contributed by atoms with Gasteiger partial charge in [0.25, 0.3) is 0 Å². The number of carbonyl (C=O) groups is 1. The lowest BCUT2D eigenvalue weighted by Gasteiger charge is -1.94. The zero-order valence-electron chi connectivity index (χ0n) is 7.31. The monoisotopic (exact) mass is 180 g/mol. The highest BCUT2D eigenvalue weighted by molar-refractivity contribution is 5.66. The van der Waals surface area contributed by atoms with E-state index in [1.807, 2.05) is 6.07 Å². The molecule has 1 heterocycles. The normalized spacial score (nSPS) is 16.0. The first-order valence-electron chi connectivity index (χ1n) is 4.48. The van der Waals surface area contributed by atoms with Crippen LogP contribution in [0, 0.1) is 5.92 Å². The van der Waals surface area contributed by atoms with Crippen LogP contribution in [0.25, 0.3) is 0 Å². The van der Waals surface area contributed by atoms with Crippen LogP contribution in [0.3, 0.4) is 0 Å². The largest absolute Gasteiger partial charge is 0.480 e. The first-order valence-corrected chi connectivity index (χ1v) is 4.48. The Hall–Kier alpha value is -1.32. The van der Waals surface area contributed by atoms with E-state index in [2.05, 4.69) is 5.10 Å². The van der Waals surface area contributed by atoms with E-state index in [9.17, 15) is 4.79 Å². The van der Waals surface area contributed by atoms with Gasteiger partial charge in [0.05, 0.1) is 5.69 Å². The molecule has 0 bridgehead atoms. The Balaban J connectivity index is 1.95. The number of carboxylic acid groups (broad SMARTS) is 1. The van der Waals surface area contributed by atoms with E-state index in [4.69, 9.17) is 5.11 Å². The average molecular weight is 180 g/mol. The Kier molecular flexibility index (Phi) is 2.04. The summed E-state index contributed by atoms with van der Waals surface area (Å²) >= 11 is 0. The maximum absolute atomic E-state index is 10.4. The molecule has 1 aliphatic carbocycles. The summed E-state index contributed by atoms with van der Waals surface area (Å²) in [7, 11) is 0. The van der Waals surface area contributed by atoms with Crippen LogP contribution in [-0.4, -0.2) is 20.9 Å². The maximum Gasteiger partial charge on any atom is 0.325 e. The van der Waals surface area contributed by atoms with E-state index in [1.165, 1.54) is 17.5 Å². The third kappa shape index (κ3) is 2.31. The van der Waals surface area contributed by atoms with Crippen molar-refractivity contribution in [1.29, 1.82) is 0 Å². The first kappa shape index (κ1) is 8.29. The number of rotatable bonds is 4. The molecule has 1 fully saturated rings. The van der Waals surface area contributed by atoms with E-state index in [0.717, 1.165) is 18.0 Å². The van der Waals surface area contributed by atoms with Gasteiger partial charge in [-0.05, 0) is 31.2 Å². The molecule has 70 valence electrons. The van der Waals surface area contributed by atoms with Crippen LogP contribution in [0.2, 0.25) is 0 Å². The van der Waals surface area contributed by atoms with Crippen molar-refractivity contribution in [3.05, 3.63) is 18.0 Å². The van der Waals surface area contributed by atoms with Crippen LogP contribution >= 0.6 is 0 Å². The van der Waals surface area contributed by atoms with E-state index in [0.29, 0.717) is 0 Å².